The van der Waals surface area contributed by atoms with Gasteiger partial charge in [0, 0.05) is 3.57 Å². The van der Waals surface area contributed by atoms with Crippen molar-refractivity contribution in [1.82, 2.24) is 9.97 Å². The molecule has 2 rings (SSSR count). The van der Waals surface area contributed by atoms with Crippen molar-refractivity contribution < 1.29 is 17.6 Å². The molecule has 2 aromatic rings. The summed E-state index contributed by atoms with van der Waals surface area (Å²) in [6.45, 7) is 0. The van der Waals surface area contributed by atoms with Crippen molar-refractivity contribution in [3.8, 4) is 11.4 Å². The van der Waals surface area contributed by atoms with Gasteiger partial charge in [-0.15, -0.1) is 0 Å². The number of imidazole rings is 1. The number of hydrogen-bond acceptors (Lipinski definition) is 1. The van der Waals surface area contributed by atoms with Crippen molar-refractivity contribution in [2.45, 2.75) is 6.18 Å². The highest BCUT2D eigenvalue weighted by atomic mass is 127. The van der Waals surface area contributed by atoms with Crippen LogP contribution in [0.2, 0.25) is 0 Å². The van der Waals surface area contributed by atoms with Crippen molar-refractivity contribution in [3.05, 3.63) is 39.5 Å². The van der Waals surface area contributed by atoms with Gasteiger partial charge in [-0.2, -0.15) is 13.2 Å². The largest absolute Gasteiger partial charge is 0.432 e. The SMILES string of the molecule is Fc1cc(I)ccc1-c1ncc(C(F)(F)F)[nH]1. The Labute approximate surface area is 107 Å². The second-order valence-corrected chi connectivity index (χ2v) is 4.51. The van der Waals surface area contributed by atoms with Gasteiger partial charge in [0.1, 0.15) is 17.3 Å². The van der Waals surface area contributed by atoms with Gasteiger partial charge in [-0.25, -0.2) is 9.37 Å². The molecule has 0 aliphatic heterocycles. The van der Waals surface area contributed by atoms with E-state index in [-0.39, 0.29) is 11.4 Å². The summed E-state index contributed by atoms with van der Waals surface area (Å²) >= 11 is 1.91. The van der Waals surface area contributed by atoms with Crippen molar-refractivity contribution in [1.29, 1.82) is 0 Å². The standard InChI is InChI=1S/C10H5F4IN2/c11-7-3-5(15)1-2-6(7)9-16-4-8(17-9)10(12,13)14/h1-4H,(H,16,17). The van der Waals surface area contributed by atoms with Gasteiger partial charge in [-0.3, -0.25) is 0 Å². The van der Waals surface area contributed by atoms with Gasteiger partial charge >= 0.3 is 6.18 Å². The minimum atomic E-state index is -4.51. The van der Waals surface area contributed by atoms with Crippen LogP contribution in [0.3, 0.4) is 0 Å². The lowest BCUT2D eigenvalue weighted by Gasteiger charge is -2.02. The molecular formula is C10H5F4IN2. The van der Waals surface area contributed by atoms with Gasteiger partial charge in [0.05, 0.1) is 11.8 Å². The van der Waals surface area contributed by atoms with Crippen molar-refractivity contribution in [2.75, 3.05) is 0 Å². The number of benzene rings is 1. The van der Waals surface area contributed by atoms with Crippen LogP contribution in [0.15, 0.2) is 24.4 Å². The maximum Gasteiger partial charge on any atom is 0.432 e. The summed E-state index contributed by atoms with van der Waals surface area (Å²) in [5, 5.41) is 0. The third kappa shape index (κ3) is 2.59. The van der Waals surface area contributed by atoms with Gasteiger partial charge in [-0.05, 0) is 40.8 Å². The van der Waals surface area contributed by atoms with Gasteiger partial charge in [0.25, 0.3) is 0 Å². The summed E-state index contributed by atoms with van der Waals surface area (Å²) < 4.78 is 51.1. The molecule has 17 heavy (non-hydrogen) atoms. The Morgan fingerprint density at radius 3 is 2.47 bits per heavy atom. The fourth-order valence-corrected chi connectivity index (χ4v) is 1.74. The smallest absolute Gasteiger partial charge is 0.334 e. The van der Waals surface area contributed by atoms with Crippen LogP contribution in [0.5, 0.6) is 0 Å². The highest BCUT2D eigenvalue weighted by Crippen LogP contribution is 2.30. The van der Waals surface area contributed by atoms with Crippen LogP contribution < -0.4 is 0 Å². The second-order valence-electron chi connectivity index (χ2n) is 3.27. The molecule has 0 aliphatic rings. The quantitative estimate of drug-likeness (QED) is 0.611. The minimum absolute atomic E-state index is 0.0147. The lowest BCUT2D eigenvalue weighted by molar-refractivity contribution is -0.140. The van der Waals surface area contributed by atoms with E-state index in [1.165, 1.54) is 12.1 Å². The Hall–Kier alpha value is -1.12. The van der Waals surface area contributed by atoms with E-state index in [9.17, 15) is 17.6 Å². The summed E-state index contributed by atoms with van der Waals surface area (Å²) in [4.78, 5) is 5.58. The van der Waals surface area contributed by atoms with Gasteiger partial charge in [0.2, 0.25) is 0 Å². The topological polar surface area (TPSA) is 28.7 Å². The van der Waals surface area contributed by atoms with Gasteiger partial charge in [0.15, 0.2) is 0 Å². The van der Waals surface area contributed by atoms with Crippen LogP contribution in [-0.4, -0.2) is 9.97 Å². The van der Waals surface area contributed by atoms with Crippen LogP contribution in [0, 0.1) is 9.39 Å². The lowest BCUT2D eigenvalue weighted by Crippen LogP contribution is -2.04. The van der Waals surface area contributed by atoms with E-state index in [4.69, 9.17) is 0 Å². The molecule has 90 valence electrons. The summed E-state index contributed by atoms with van der Waals surface area (Å²) in [7, 11) is 0. The van der Waals surface area contributed by atoms with Crippen molar-refractivity contribution in [3.63, 3.8) is 0 Å². The van der Waals surface area contributed by atoms with E-state index in [0.717, 1.165) is 0 Å². The van der Waals surface area contributed by atoms with E-state index in [1.807, 2.05) is 22.6 Å². The van der Waals surface area contributed by atoms with E-state index in [1.54, 1.807) is 6.07 Å². The molecule has 1 heterocycles. The number of alkyl halides is 3. The Kier molecular flexibility index (Phi) is 3.11. The maximum atomic E-state index is 13.5. The molecule has 0 amide bonds. The first-order valence-corrected chi connectivity index (χ1v) is 5.53. The fraction of sp³-hybridized carbons (Fsp3) is 0.100. The van der Waals surface area contributed by atoms with Crippen LogP contribution in [-0.2, 0) is 6.18 Å². The van der Waals surface area contributed by atoms with E-state index < -0.39 is 17.7 Å². The normalized spacial score (nSPS) is 11.8. The number of H-pyrrole nitrogens is 1. The summed E-state index contributed by atoms with van der Waals surface area (Å²) in [6, 6.07) is 4.20. The molecule has 0 bridgehead atoms. The van der Waals surface area contributed by atoms with Crippen LogP contribution in [0.25, 0.3) is 11.4 Å². The predicted octanol–water partition coefficient (Wildman–Crippen LogP) is 3.84. The Balaban J connectivity index is 2.44. The van der Waals surface area contributed by atoms with E-state index in [0.29, 0.717) is 9.77 Å². The first-order valence-electron chi connectivity index (χ1n) is 4.45. The van der Waals surface area contributed by atoms with Crippen LogP contribution in [0.1, 0.15) is 5.69 Å². The third-order valence-corrected chi connectivity index (χ3v) is 2.74. The molecule has 0 fully saturated rings. The third-order valence-electron chi connectivity index (χ3n) is 2.07. The molecule has 1 N–H and O–H groups in total. The maximum absolute atomic E-state index is 13.5. The van der Waals surface area contributed by atoms with Crippen molar-refractivity contribution in [2.24, 2.45) is 0 Å². The number of nitrogens with one attached hydrogen (secondary N) is 1. The highest BCUT2D eigenvalue weighted by molar-refractivity contribution is 14.1. The highest BCUT2D eigenvalue weighted by Gasteiger charge is 2.33. The number of aromatic nitrogens is 2. The first kappa shape index (κ1) is 12.3. The Bertz CT molecular complexity index is 547. The van der Waals surface area contributed by atoms with Crippen LogP contribution in [0.4, 0.5) is 17.6 Å². The van der Waals surface area contributed by atoms with Gasteiger partial charge in [-0.1, -0.05) is 0 Å². The zero-order chi connectivity index (χ0) is 12.6. The average Bonchev–Trinajstić information content (AvgIpc) is 2.65. The van der Waals surface area contributed by atoms with Gasteiger partial charge < -0.3 is 4.98 Å². The molecule has 0 unspecified atom stereocenters. The second kappa shape index (κ2) is 4.28. The van der Waals surface area contributed by atoms with E-state index in [2.05, 4.69) is 9.97 Å². The van der Waals surface area contributed by atoms with E-state index >= 15 is 0 Å². The summed E-state index contributed by atoms with van der Waals surface area (Å²) in [6.07, 6.45) is -3.86. The zero-order valence-electron chi connectivity index (χ0n) is 8.15. The average molecular weight is 356 g/mol. The lowest BCUT2D eigenvalue weighted by atomic mass is 10.2. The predicted molar refractivity (Wildman–Crippen MR) is 61.7 cm³/mol. The Morgan fingerprint density at radius 2 is 1.94 bits per heavy atom. The number of rotatable bonds is 1. The number of nitrogens with zero attached hydrogens (tertiary/aromatic N) is 1. The monoisotopic (exact) mass is 356 g/mol. The zero-order valence-corrected chi connectivity index (χ0v) is 10.3. The molecule has 2 nitrogen and oxygen atoms in total. The number of aromatic amines is 1. The molecule has 1 aromatic carbocycles. The molecular weight excluding hydrogens is 351 g/mol. The molecule has 0 radical (unpaired) electrons. The molecule has 0 aliphatic carbocycles. The summed E-state index contributed by atoms with van der Waals surface area (Å²) in [5.41, 5.74) is -0.980. The molecule has 0 saturated carbocycles. The first-order chi connectivity index (χ1) is 7.88. The number of hydrogen-bond donors (Lipinski definition) is 1. The summed E-state index contributed by atoms with van der Waals surface area (Å²) in [5.74, 6) is -0.744. The molecule has 0 spiro atoms. The number of halogens is 5. The molecule has 1 aromatic heterocycles. The Morgan fingerprint density at radius 1 is 1.24 bits per heavy atom. The molecule has 0 atom stereocenters. The molecule has 7 heteroatoms. The molecule has 0 saturated heterocycles. The van der Waals surface area contributed by atoms with Crippen molar-refractivity contribution >= 4 is 22.6 Å². The minimum Gasteiger partial charge on any atom is -0.334 e. The van der Waals surface area contributed by atoms with Crippen LogP contribution >= 0.6 is 22.6 Å². The fourth-order valence-electron chi connectivity index (χ4n) is 1.28.